The molecule has 92 valence electrons. The van der Waals surface area contributed by atoms with Crippen LogP contribution in [0.4, 0.5) is 14.5 Å². The zero-order chi connectivity index (χ0) is 12.6. The van der Waals surface area contributed by atoms with Crippen molar-refractivity contribution in [3.8, 4) is 0 Å². The molecule has 0 radical (unpaired) electrons. The Hall–Kier alpha value is -1.23. The maximum Gasteiger partial charge on any atom is 0.182 e. The highest BCUT2D eigenvalue weighted by Crippen LogP contribution is 2.30. The smallest absolute Gasteiger partial charge is 0.182 e. The molecule has 2 N–H and O–H groups in total. The summed E-state index contributed by atoms with van der Waals surface area (Å²) < 4.78 is 27.6. The summed E-state index contributed by atoms with van der Waals surface area (Å²) in [6.45, 7) is 2.76. The molecule has 5 heteroatoms. The topological polar surface area (TPSA) is 29.3 Å². The Morgan fingerprint density at radius 2 is 2.12 bits per heavy atom. The van der Waals surface area contributed by atoms with Gasteiger partial charge in [0.1, 0.15) is 4.99 Å². The van der Waals surface area contributed by atoms with Gasteiger partial charge in [-0.25, -0.2) is 8.78 Å². The van der Waals surface area contributed by atoms with E-state index in [-0.39, 0.29) is 16.6 Å². The van der Waals surface area contributed by atoms with Crippen LogP contribution in [0.25, 0.3) is 0 Å². The van der Waals surface area contributed by atoms with Crippen molar-refractivity contribution in [2.75, 3.05) is 11.4 Å². The maximum absolute atomic E-state index is 13.9. The van der Waals surface area contributed by atoms with E-state index in [2.05, 4.69) is 12.2 Å². The van der Waals surface area contributed by atoms with E-state index in [4.69, 9.17) is 5.73 Å². The molecule has 1 aromatic rings. The van der Waals surface area contributed by atoms with Gasteiger partial charge in [0.05, 0.1) is 5.69 Å². The van der Waals surface area contributed by atoms with Crippen LogP contribution < -0.4 is 10.6 Å². The van der Waals surface area contributed by atoms with E-state index in [0.29, 0.717) is 5.69 Å². The van der Waals surface area contributed by atoms with Gasteiger partial charge in [0.2, 0.25) is 0 Å². The summed E-state index contributed by atoms with van der Waals surface area (Å²) in [6, 6.07) is 3.23. The van der Waals surface area contributed by atoms with Gasteiger partial charge in [-0.05, 0) is 31.9 Å². The average molecular weight is 256 g/mol. The third kappa shape index (κ3) is 2.11. The fourth-order valence-electron chi connectivity index (χ4n) is 2.24. The molecule has 1 fully saturated rings. The number of anilines is 1. The standard InChI is InChI=1S/C12H14F2N2S/c1-7-3-2-6-16(7)9-5-4-8(12(15)17)10(13)11(9)14/h4-5,7H,2-3,6H2,1H3,(H2,15,17). The zero-order valence-corrected chi connectivity index (χ0v) is 10.4. The predicted octanol–water partition coefficient (Wildman–Crippen LogP) is 2.59. The maximum atomic E-state index is 13.9. The van der Waals surface area contributed by atoms with Crippen LogP contribution in [-0.4, -0.2) is 17.6 Å². The number of thiocarbonyl (C=S) groups is 1. The van der Waals surface area contributed by atoms with Gasteiger partial charge in [0.15, 0.2) is 11.6 Å². The first-order valence-corrected chi connectivity index (χ1v) is 5.97. The lowest BCUT2D eigenvalue weighted by atomic mass is 10.1. The Morgan fingerprint density at radius 3 is 2.65 bits per heavy atom. The fraction of sp³-hybridized carbons (Fsp3) is 0.417. The molecule has 2 nitrogen and oxygen atoms in total. The lowest BCUT2D eigenvalue weighted by molar-refractivity contribution is 0.504. The quantitative estimate of drug-likeness (QED) is 0.825. The van der Waals surface area contributed by atoms with Gasteiger partial charge in [-0.2, -0.15) is 0 Å². The van der Waals surface area contributed by atoms with Crippen molar-refractivity contribution >= 4 is 22.9 Å². The molecule has 0 aliphatic carbocycles. The summed E-state index contributed by atoms with van der Waals surface area (Å²) in [5.74, 6) is -1.81. The first-order valence-electron chi connectivity index (χ1n) is 5.57. The van der Waals surface area contributed by atoms with E-state index >= 15 is 0 Å². The Balaban J connectivity index is 2.43. The molecule has 2 rings (SSSR count). The van der Waals surface area contributed by atoms with E-state index in [1.54, 1.807) is 6.07 Å². The number of rotatable bonds is 2. The number of nitrogens with two attached hydrogens (primary N) is 1. The molecule has 1 saturated heterocycles. The van der Waals surface area contributed by atoms with Crippen molar-refractivity contribution in [2.45, 2.75) is 25.8 Å². The van der Waals surface area contributed by atoms with Crippen molar-refractivity contribution in [1.29, 1.82) is 0 Å². The van der Waals surface area contributed by atoms with Gasteiger partial charge >= 0.3 is 0 Å². The average Bonchev–Trinajstić information content (AvgIpc) is 2.68. The van der Waals surface area contributed by atoms with Crippen molar-refractivity contribution in [1.82, 2.24) is 0 Å². The van der Waals surface area contributed by atoms with Gasteiger partial charge in [-0.1, -0.05) is 12.2 Å². The molecule has 1 aromatic carbocycles. The molecule has 0 spiro atoms. The highest BCUT2D eigenvalue weighted by molar-refractivity contribution is 7.80. The first kappa shape index (κ1) is 12.2. The Bertz CT molecular complexity index is 462. The lowest BCUT2D eigenvalue weighted by Crippen LogP contribution is -2.28. The second kappa shape index (κ2) is 4.56. The summed E-state index contributed by atoms with van der Waals surface area (Å²) in [4.78, 5) is 1.75. The fourth-order valence-corrected chi connectivity index (χ4v) is 2.40. The van der Waals surface area contributed by atoms with Crippen molar-refractivity contribution < 1.29 is 8.78 Å². The SMILES string of the molecule is CC1CCCN1c1ccc(C(N)=S)c(F)c1F. The summed E-state index contributed by atoms with van der Waals surface area (Å²) in [5, 5.41) is 0. The summed E-state index contributed by atoms with van der Waals surface area (Å²) in [6.07, 6.45) is 2.00. The van der Waals surface area contributed by atoms with E-state index in [0.717, 1.165) is 19.4 Å². The van der Waals surface area contributed by atoms with E-state index in [9.17, 15) is 8.78 Å². The number of benzene rings is 1. The highest BCUT2D eigenvalue weighted by Gasteiger charge is 2.25. The van der Waals surface area contributed by atoms with Crippen molar-refractivity contribution in [3.05, 3.63) is 29.3 Å². The summed E-state index contributed by atoms with van der Waals surface area (Å²) >= 11 is 4.67. The number of halogens is 2. The summed E-state index contributed by atoms with van der Waals surface area (Å²) in [5.41, 5.74) is 5.59. The normalized spacial score (nSPS) is 19.7. The largest absolute Gasteiger partial charge is 0.389 e. The minimum Gasteiger partial charge on any atom is -0.389 e. The number of hydrogen-bond donors (Lipinski definition) is 1. The Kier molecular flexibility index (Phi) is 3.28. The molecule has 1 aliphatic rings. The molecular weight excluding hydrogens is 242 g/mol. The van der Waals surface area contributed by atoms with Gasteiger partial charge < -0.3 is 10.6 Å². The monoisotopic (exact) mass is 256 g/mol. The second-order valence-electron chi connectivity index (χ2n) is 4.31. The third-order valence-corrected chi connectivity index (χ3v) is 3.41. The molecule has 1 unspecified atom stereocenters. The van der Waals surface area contributed by atoms with Gasteiger partial charge in [0, 0.05) is 18.2 Å². The van der Waals surface area contributed by atoms with Crippen LogP contribution in [0.2, 0.25) is 0 Å². The molecule has 0 saturated carbocycles. The van der Waals surface area contributed by atoms with Crippen molar-refractivity contribution in [2.24, 2.45) is 5.73 Å². The third-order valence-electron chi connectivity index (χ3n) is 3.19. The number of nitrogens with zero attached hydrogens (tertiary/aromatic N) is 1. The van der Waals surface area contributed by atoms with Crippen LogP contribution in [0.3, 0.4) is 0 Å². The van der Waals surface area contributed by atoms with Crippen LogP contribution in [0, 0.1) is 11.6 Å². The van der Waals surface area contributed by atoms with E-state index in [1.807, 2.05) is 11.8 Å². The molecule has 0 aromatic heterocycles. The van der Waals surface area contributed by atoms with Crippen LogP contribution in [0.15, 0.2) is 12.1 Å². The van der Waals surface area contributed by atoms with E-state index < -0.39 is 11.6 Å². The van der Waals surface area contributed by atoms with Crippen molar-refractivity contribution in [3.63, 3.8) is 0 Å². The van der Waals surface area contributed by atoms with Crippen LogP contribution >= 0.6 is 12.2 Å². The van der Waals surface area contributed by atoms with Gasteiger partial charge in [-0.3, -0.25) is 0 Å². The second-order valence-corrected chi connectivity index (χ2v) is 4.75. The zero-order valence-electron chi connectivity index (χ0n) is 9.54. The minimum atomic E-state index is -0.950. The molecule has 1 atom stereocenters. The highest BCUT2D eigenvalue weighted by atomic mass is 32.1. The Labute approximate surface area is 104 Å². The van der Waals surface area contributed by atoms with E-state index in [1.165, 1.54) is 6.07 Å². The van der Waals surface area contributed by atoms with Crippen LogP contribution in [-0.2, 0) is 0 Å². The first-order chi connectivity index (χ1) is 8.02. The summed E-state index contributed by atoms with van der Waals surface area (Å²) in [7, 11) is 0. The van der Waals surface area contributed by atoms with Gasteiger partial charge in [-0.15, -0.1) is 0 Å². The molecule has 0 bridgehead atoms. The molecule has 17 heavy (non-hydrogen) atoms. The Morgan fingerprint density at radius 1 is 1.41 bits per heavy atom. The lowest BCUT2D eigenvalue weighted by Gasteiger charge is -2.24. The van der Waals surface area contributed by atoms with Gasteiger partial charge in [0.25, 0.3) is 0 Å². The predicted molar refractivity (Wildman–Crippen MR) is 68.3 cm³/mol. The molecule has 1 heterocycles. The molecule has 1 aliphatic heterocycles. The van der Waals surface area contributed by atoms with Crippen LogP contribution in [0.5, 0.6) is 0 Å². The molecular formula is C12H14F2N2S. The number of hydrogen-bond acceptors (Lipinski definition) is 2. The minimum absolute atomic E-state index is 0.0342. The molecule has 0 amide bonds. The van der Waals surface area contributed by atoms with Crippen LogP contribution in [0.1, 0.15) is 25.3 Å².